The van der Waals surface area contributed by atoms with Gasteiger partial charge in [-0.05, 0) is 43.3 Å². The van der Waals surface area contributed by atoms with Crippen LogP contribution in [0.15, 0.2) is 46.9 Å². The minimum Gasteiger partial charge on any atom is -0.376 e. The first-order valence-corrected chi connectivity index (χ1v) is 9.25. The number of nitrogens with zero attached hydrogens (tertiary/aromatic N) is 4. The van der Waals surface area contributed by atoms with Gasteiger partial charge in [-0.1, -0.05) is 27.2 Å². The number of hydrogen-bond donors (Lipinski definition) is 1. The summed E-state index contributed by atoms with van der Waals surface area (Å²) >= 11 is 3.37. The molecule has 0 atom stereocenters. The van der Waals surface area contributed by atoms with Crippen LogP contribution in [-0.4, -0.2) is 35.0 Å². The monoisotopic (exact) mass is 467 g/mol. The lowest BCUT2D eigenvalue weighted by atomic mass is 10.1. The van der Waals surface area contributed by atoms with Crippen molar-refractivity contribution in [1.82, 2.24) is 15.0 Å². The van der Waals surface area contributed by atoms with E-state index in [4.69, 9.17) is 0 Å². The summed E-state index contributed by atoms with van der Waals surface area (Å²) in [5.41, 5.74) is 0.782. The molecule has 0 fully saturated rings. The molecule has 2 aromatic carbocycles. The van der Waals surface area contributed by atoms with Gasteiger partial charge in [0.1, 0.15) is 0 Å². The van der Waals surface area contributed by atoms with E-state index in [1.807, 2.05) is 12.1 Å². The van der Waals surface area contributed by atoms with Crippen molar-refractivity contribution in [2.24, 2.45) is 0 Å². The molecule has 29 heavy (non-hydrogen) atoms. The lowest BCUT2D eigenvalue weighted by Gasteiger charge is -2.19. The Morgan fingerprint density at radius 2 is 1.90 bits per heavy atom. The fraction of sp³-hybridized carbons (Fsp3) is 0.211. The Kier molecular flexibility index (Phi) is 5.65. The lowest BCUT2D eigenvalue weighted by molar-refractivity contribution is -0.137. The van der Waals surface area contributed by atoms with Crippen molar-refractivity contribution in [3.63, 3.8) is 0 Å². The minimum atomic E-state index is -4.52. The van der Waals surface area contributed by atoms with E-state index in [1.54, 1.807) is 38.1 Å². The van der Waals surface area contributed by atoms with E-state index in [9.17, 15) is 18.0 Å². The van der Waals surface area contributed by atoms with E-state index >= 15 is 0 Å². The van der Waals surface area contributed by atoms with E-state index in [1.165, 1.54) is 10.7 Å². The molecule has 0 spiro atoms. The summed E-state index contributed by atoms with van der Waals surface area (Å²) in [7, 11) is 3.35. The van der Waals surface area contributed by atoms with Gasteiger partial charge in [0, 0.05) is 18.6 Å². The summed E-state index contributed by atoms with van der Waals surface area (Å²) < 4.78 is 41.6. The van der Waals surface area contributed by atoms with Gasteiger partial charge in [-0.3, -0.25) is 4.79 Å². The molecule has 0 aliphatic carbocycles. The van der Waals surface area contributed by atoms with E-state index in [-0.39, 0.29) is 11.4 Å². The maximum atomic E-state index is 13.1. The molecule has 6 nitrogen and oxygen atoms in total. The number of alkyl halides is 3. The zero-order valence-electron chi connectivity index (χ0n) is 15.8. The molecule has 0 saturated carbocycles. The first kappa shape index (κ1) is 20.8. The highest BCUT2D eigenvalue weighted by molar-refractivity contribution is 9.10. The summed E-state index contributed by atoms with van der Waals surface area (Å²) in [4.78, 5) is 14.4. The third kappa shape index (κ3) is 4.42. The molecule has 10 heteroatoms. The molecular weight excluding hydrogens is 451 g/mol. The third-order valence-electron chi connectivity index (χ3n) is 4.22. The molecule has 1 aromatic heterocycles. The number of carbonyl (C=O) groups excluding carboxylic acids is 1. The SMILES string of the molecule is Cc1c(C(=O)Nc2cc(C(F)(F)F)ccc2N(C)C)nnn1-c1cccc(Br)c1. The molecule has 0 radical (unpaired) electrons. The summed E-state index contributed by atoms with van der Waals surface area (Å²) in [5, 5.41) is 10.4. The number of nitrogens with one attached hydrogen (secondary N) is 1. The molecule has 1 heterocycles. The fourth-order valence-corrected chi connectivity index (χ4v) is 3.16. The van der Waals surface area contributed by atoms with Crippen molar-refractivity contribution in [2.75, 3.05) is 24.3 Å². The predicted molar refractivity (Wildman–Crippen MR) is 108 cm³/mol. The van der Waals surface area contributed by atoms with Crippen LogP contribution < -0.4 is 10.2 Å². The highest BCUT2D eigenvalue weighted by atomic mass is 79.9. The number of carbonyl (C=O) groups is 1. The average molecular weight is 468 g/mol. The highest BCUT2D eigenvalue weighted by Gasteiger charge is 2.31. The molecule has 3 rings (SSSR count). The van der Waals surface area contributed by atoms with Gasteiger partial charge >= 0.3 is 6.18 Å². The first-order chi connectivity index (χ1) is 13.6. The number of aromatic nitrogens is 3. The van der Waals surface area contributed by atoms with Gasteiger partial charge in [0.2, 0.25) is 0 Å². The Balaban J connectivity index is 1.95. The number of benzene rings is 2. The summed E-state index contributed by atoms with van der Waals surface area (Å²) in [6.45, 7) is 1.66. The predicted octanol–water partition coefficient (Wildman–Crippen LogP) is 4.68. The average Bonchev–Trinajstić information content (AvgIpc) is 3.02. The molecular formula is C19H17BrF3N5O. The van der Waals surface area contributed by atoms with Crippen molar-refractivity contribution in [3.8, 4) is 5.69 Å². The van der Waals surface area contributed by atoms with Gasteiger partial charge in [-0.25, -0.2) is 4.68 Å². The normalized spacial score (nSPS) is 11.4. The zero-order chi connectivity index (χ0) is 21.3. The molecule has 1 amide bonds. The van der Waals surface area contributed by atoms with Gasteiger partial charge in [0.05, 0.1) is 28.3 Å². The van der Waals surface area contributed by atoms with E-state index in [0.29, 0.717) is 17.1 Å². The van der Waals surface area contributed by atoms with Crippen LogP contribution in [0.3, 0.4) is 0 Å². The second kappa shape index (κ2) is 7.86. The second-order valence-corrected chi connectivity index (χ2v) is 7.41. The Hall–Kier alpha value is -2.88. The summed E-state index contributed by atoms with van der Waals surface area (Å²) in [5.74, 6) is -0.647. The van der Waals surface area contributed by atoms with Crippen LogP contribution >= 0.6 is 15.9 Å². The van der Waals surface area contributed by atoms with Crippen LogP contribution in [0.25, 0.3) is 5.69 Å². The third-order valence-corrected chi connectivity index (χ3v) is 4.71. The number of amides is 1. The molecule has 152 valence electrons. The topological polar surface area (TPSA) is 63.1 Å². The smallest absolute Gasteiger partial charge is 0.376 e. The summed E-state index contributed by atoms with van der Waals surface area (Å²) in [6.07, 6.45) is -4.52. The van der Waals surface area contributed by atoms with Crippen LogP contribution in [0.5, 0.6) is 0 Å². The van der Waals surface area contributed by atoms with Gasteiger partial charge < -0.3 is 10.2 Å². The van der Waals surface area contributed by atoms with Crippen LogP contribution in [0.2, 0.25) is 0 Å². The Morgan fingerprint density at radius 1 is 1.17 bits per heavy atom. The molecule has 0 bridgehead atoms. The largest absolute Gasteiger partial charge is 0.416 e. The quantitative estimate of drug-likeness (QED) is 0.605. The van der Waals surface area contributed by atoms with E-state index in [0.717, 1.165) is 16.6 Å². The highest BCUT2D eigenvalue weighted by Crippen LogP contribution is 2.35. The Bertz CT molecular complexity index is 1060. The van der Waals surface area contributed by atoms with Crippen molar-refractivity contribution in [3.05, 3.63) is 63.9 Å². The van der Waals surface area contributed by atoms with Crippen LogP contribution in [0.1, 0.15) is 21.7 Å². The fourth-order valence-electron chi connectivity index (χ4n) is 2.78. The van der Waals surface area contributed by atoms with Crippen LogP contribution in [0.4, 0.5) is 24.5 Å². The number of anilines is 2. The number of halogens is 4. The van der Waals surface area contributed by atoms with Gasteiger partial charge in [0.15, 0.2) is 5.69 Å². The van der Waals surface area contributed by atoms with Crippen LogP contribution in [0, 0.1) is 6.92 Å². The minimum absolute atomic E-state index is 0.0205. The van der Waals surface area contributed by atoms with Crippen molar-refractivity contribution < 1.29 is 18.0 Å². The van der Waals surface area contributed by atoms with Gasteiger partial charge in [0.25, 0.3) is 5.91 Å². The van der Waals surface area contributed by atoms with Gasteiger partial charge in [-0.15, -0.1) is 5.10 Å². The standard InChI is InChI=1S/C19H17BrF3N5O/c1-11-17(25-26-28(11)14-6-4-5-13(20)10-14)18(29)24-15-9-12(19(21,22)23)7-8-16(15)27(2)3/h4-10H,1-3H3,(H,24,29). The number of rotatable bonds is 4. The van der Waals surface area contributed by atoms with Crippen molar-refractivity contribution in [1.29, 1.82) is 0 Å². The molecule has 0 aliphatic heterocycles. The molecule has 0 aliphatic rings. The first-order valence-electron chi connectivity index (χ1n) is 8.46. The Labute approximate surface area is 173 Å². The second-order valence-electron chi connectivity index (χ2n) is 6.49. The maximum absolute atomic E-state index is 13.1. The van der Waals surface area contributed by atoms with Gasteiger partial charge in [-0.2, -0.15) is 13.2 Å². The van der Waals surface area contributed by atoms with E-state index in [2.05, 4.69) is 31.6 Å². The van der Waals surface area contributed by atoms with Crippen molar-refractivity contribution >= 4 is 33.2 Å². The number of hydrogen-bond acceptors (Lipinski definition) is 4. The molecule has 0 unspecified atom stereocenters. The maximum Gasteiger partial charge on any atom is 0.416 e. The molecule has 1 N–H and O–H groups in total. The lowest BCUT2D eigenvalue weighted by Crippen LogP contribution is -2.19. The van der Waals surface area contributed by atoms with Crippen molar-refractivity contribution in [2.45, 2.75) is 13.1 Å². The zero-order valence-corrected chi connectivity index (χ0v) is 17.3. The molecule has 3 aromatic rings. The van der Waals surface area contributed by atoms with E-state index < -0.39 is 17.6 Å². The molecule has 0 saturated heterocycles. The Morgan fingerprint density at radius 3 is 2.52 bits per heavy atom. The summed E-state index contributed by atoms with van der Waals surface area (Å²) in [6, 6.07) is 10.4. The van der Waals surface area contributed by atoms with Crippen LogP contribution in [-0.2, 0) is 6.18 Å².